The summed E-state index contributed by atoms with van der Waals surface area (Å²) >= 11 is 0. The van der Waals surface area contributed by atoms with Crippen LogP contribution in [0.25, 0.3) is 0 Å². The molecule has 0 bridgehead atoms. The Hall–Kier alpha value is -2.36. The lowest BCUT2D eigenvalue weighted by Crippen LogP contribution is -2.57. The van der Waals surface area contributed by atoms with Crippen LogP contribution in [-0.2, 0) is 19.1 Å². The van der Waals surface area contributed by atoms with E-state index in [1.165, 1.54) is 4.90 Å². The van der Waals surface area contributed by atoms with Crippen molar-refractivity contribution in [2.24, 2.45) is 11.8 Å². The zero-order chi connectivity index (χ0) is 24.8. The summed E-state index contributed by atoms with van der Waals surface area (Å²) < 4.78 is 5.37. The molecule has 184 valence electrons. The number of carbonyl (C=O) groups is 4. The Kier molecular flexibility index (Phi) is 9.94. The smallest absolute Gasteiger partial charge is 0.410 e. The number of carbonyl (C=O) groups excluding carboxylic acids is 3. The molecule has 32 heavy (non-hydrogen) atoms. The fraction of sp³-hybridized carbons (Fsp3) is 0.818. The SMILES string of the molecule is CC(C)C[C@@H](NC(=O)C(O)C1CCCN1C(=O)OC(C)(C)C)C(=O)NC(C(=O)O)C(C)C. The molecular formula is C22H39N3O7. The summed E-state index contributed by atoms with van der Waals surface area (Å²) in [7, 11) is 0. The first kappa shape index (κ1) is 27.7. The normalized spacial score (nSPS) is 19.4. The summed E-state index contributed by atoms with van der Waals surface area (Å²) in [5, 5.41) is 25.0. The summed E-state index contributed by atoms with van der Waals surface area (Å²) in [5.41, 5.74) is -0.713. The number of amides is 3. The number of carboxylic acid groups (broad SMARTS) is 1. The number of likely N-dealkylation sites (tertiary alicyclic amines) is 1. The number of aliphatic hydroxyl groups is 1. The number of nitrogens with zero attached hydrogens (tertiary/aromatic N) is 1. The van der Waals surface area contributed by atoms with Gasteiger partial charge in [0.05, 0.1) is 6.04 Å². The fourth-order valence-corrected chi connectivity index (χ4v) is 3.57. The third-order valence-electron chi connectivity index (χ3n) is 5.13. The molecule has 0 radical (unpaired) electrons. The molecule has 3 amide bonds. The van der Waals surface area contributed by atoms with E-state index in [1.807, 2.05) is 13.8 Å². The zero-order valence-electron chi connectivity index (χ0n) is 20.2. The van der Waals surface area contributed by atoms with Crippen LogP contribution >= 0.6 is 0 Å². The third-order valence-corrected chi connectivity index (χ3v) is 5.13. The van der Waals surface area contributed by atoms with Crippen molar-refractivity contribution in [1.29, 1.82) is 0 Å². The molecule has 1 rings (SSSR count). The summed E-state index contributed by atoms with van der Waals surface area (Å²) in [6, 6.07) is -2.89. The number of rotatable bonds is 9. The van der Waals surface area contributed by atoms with Gasteiger partial charge in [-0.15, -0.1) is 0 Å². The first-order chi connectivity index (χ1) is 14.6. The molecule has 0 aliphatic carbocycles. The highest BCUT2D eigenvalue weighted by molar-refractivity contribution is 5.92. The van der Waals surface area contributed by atoms with E-state index in [4.69, 9.17) is 4.74 Å². The van der Waals surface area contributed by atoms with Crippen molar-refractivity contribution in [2.45, 2.75) is 97.6 Å². The largest absolute Gasteiger partial charge is 0.480 e. The van der Waals surface area contributed by atoms with Gasteiger partial charge in [0.1, 0.15) is 17.7 Å². The Labute approximate surface area is 190 Å². The Balaban J connectivity index is 2.91. The van der Waals surface area contributed by atoms with Crippen LogP contribution in [0.4, 0.5) is 4.79 Å². The summed E-state index contributed by atoms with van der Waals surface area (Å²) in [6.45, 7) is 12.6. The summed E-state index contributed by atoms with van der Waals surface area (Å²) in [4.78, 5) is 50.8. The van der Waals surface area contributed by atoms with Crippen LogP contribution in [0.2, 0.25) is 0 Å². The number of hydrogen-bond acceptors (Lipinski definition) is 6. The van der Waals surface area contributed by atoms with E-state index in [-0.39, 0.29) is 18.3 Å². The quantitative estimate of drug-likeness (QED) is 0.410. The fourth-order valence-electron chi connectivity index (χ4n) is 3.57. The third kappa shape index (κ3) is 8.29. The minimum atomic E-state index is -1.55. The second-order valence-electron chi connectivity index (χ2n) is 10.1. The number of nitrogens with one attached hydrogen (secondary N) is 2. The van der Waals surface area contributed by atoms with Crippen LogP contribution in [0.3, 0.4) is 0 Å². The monoisotopic (exact) mass is 457 g/mol. The number of ether oxygens (including phenoxy) is 1. The van der Waals surface area contributed by atoms with Crippen LogP contribution in [0.15, 0.2) is 0 Å². The van der Waals surface area contributed by atoms with Gasteiger partial charge in [-0.2, -0.15) is 0 Å². The van der Waals surface area contributed by atoms with E-state index in [0.717, 1.165) is 0 Å². The van der Waals surface area contributed by atoms with Crippen molar-refractivity contribution >= 4 is 23.9 Å². The molecule has 0 spiro atoms. The maximum Gasteiger partial charge on any atom is 0.410 e. The lowest BCUT2D eigenvalue weighted by Gasteiger charge is -2.31. The van der Waals surface area contributed by atoms with Gasteiger partial charge in [0.2, 0.25) is 5.91 Å². The predicted octanol–water partition coefficient (Wildman–Crippen LogP) is 1.50. The maximum absolute atomic E-state index is 12.8. The molecule has 1 heterocycles. The second-order valence-corrected chi connectivity index (χ2v) is 10.1. The van der Waals surface area contributed by atoms with Crippen molar-refractivity contribution in [2.75, 3.05) is 6.54 Å². The van der Waals surface area contributed by atoms with Gasteiger partial charge in [-0.05, 0) is 51.9 Å². The number of aliphatic carboxylic acids is 1. The molecule has 4 N–H and O–H groups in total. The molecule has 4 atom stereocenters. The first-order valence-corrected chi connectivity index (χ1v) is 11.1. The van der Waals surface area contributed by atoms with Gasteiger partial charge in [-0.3, -0.25) is 9.59 Å². The highest BCUT2D eigenvalue weighted by Gasteiger charge is 2.40. The van der Waals surface area contributed by atoms with Crippen molar-refractivity contribution in [1.82, 2.24) is 15.5 Å². The highest BCUT2D eigenvalue weighted by Crippen LogP contribution is 2.23. The lowest BCUT2D eigenvalue weighted by atomic mass is 9.99. The van der Waals surface area contributed by atoms with Crippen LogP contribution in [0.5, 0.6) is 0 Å². The average Bonchev–Trinajstić information content (AvgIpc) is 3.12. The Morgan fingerprint density at radius 1 is 1.06 bits per heavy atom. The van der Waals surface area contributed by atoms with E-state index in [9.17, 15) is 29.4 Å². The molecule has 10 heteroatoms. The Bertz CT molecular complexity index is 688. The molecule has 1 aliphatic rings. The van der Waals surface area contributed by atoms with Gasteiger partial charge < -0.3 is 30.5 Å². The lowest BCUT2D eigenvalue weighted by molar-refractivity contribution is -0.144. The van der Waals surface area contributed by atoms with Gasteiger partial charge in [-0.1, -0.05) is 27.7 Å². The molecule has 0 aromatic carbocycles. The molecular weight excluding hydrogens is 418 g/mol. The minimum Gasteiger partial charge on any atom is -0.480 e. The predicted molar refractivity (Wildman–Crippen MR) is 118 cm³/mol. The average molecular weight is 458 g/mol. The van der Waals surface area contributed by atoms with E-state index in [2.05, 4.69) is 10.6 Å². The molecule has 1 aliphatic heterocycles. The zero-order valence-corrected chi connectivity index (χ0v) is 20.2. The van der Waals surface area contributed by atoms with Crippen molar-refractivity contribution < 1.29 is 34.1 Å². The number of carboxylic acids is 1. The second kappa shape index (κ2) is 11.5. The van der Waals surface area contributed by atoms with Crippen LogP contribution < -0.4 is 10.6 Å². The van der Waals surface area contributed by atoms with Crippen molar-refractivity contribution in [3.05, 3.63) is 0 Å². The van der Waals surface area contributed by atoms with Crippen LogP contribution in [0.1, 0.15) is 67.7 Å². The minimum absolute atomic E-state index is 0.0234. The van der Waals surface area contributed by atoms with Gasteiger partial charge >= 0.3 is 12.1 Å². The van der Waals surface area contributed by atoms with E-state index in [0.29, 0.717) is 19.4 Å². The molecule has 0 aromatic heterocycles. The van der Waals surface area contributed by atoms with Gasteiger partial charge in [0.15, 0.2) is 6.10 Å². The maximum atomic E-state index is 12.8. The standard InChI is InChI=1S/C22H39N3O7/c1-12(2)11-14(18(27)24-16(13(3)4)20(29)30)23-19(28)17(26)15-9-8-10-25(15)21(31)32-22(5,6)7/h12-17,26H,8-11H2,1-7H3,(H,23,28)(H,24,27)(H,29,30)/t14-,15?,16?,17?/m1/s1. The van der Waals surface area contributed by atoms with Crippen LogP contribution in [-0.4, -0.2) is 75.4 Å². The summed E-state index contributed by atoms with van der Waals surface area (Å²) in [5.74, 6) is -2.91. The molecule has 1 saturated heterocycles. The molecule has 0 saturated carbocycles. The van der Waals surface area contributed by atoms with E-state index >= 15 is 0 Å². The molecule has 0 aromatic rings. The van der Waals surface area contributed by atoms with Gasteiger partial charge in [-0.25, -0.2) is 9.59 Å². The summed E-state index contributed by atoms with van der Waals surface area (Å²) in [6.07, 6.45) is -0.866. The van der Waals surface area contributed by atoms with E-state index in [1.54, 1.807) is 34.6 Å². The number of hydrogen-bond donors (Lipinski definition) is 4. The van der Waals surface area contributed by atoms with Gasteiger partial charge in [0.25, 0.3) is 5.91 Å². The number of aliphatic hydroxyl groups excluding tert-OH is 1. The Morgan fingerprint density at radius 3 is 2.12 bits per heavy atom. The first-order valence-electron chi connectivity index (χ1n) is 11.1. The highest BCUT2D eigenvalue weighted by atomic mass is 16.6. The topological polar surface area (TPSA) is 145 Å². The van der Waals surface area contributed by atoms with E-state index < -0.39 is 53.7 Å². The molecule has 1 fully saturated rings. The molecule has 10 nitrogen and oxygen atoms in total. The van der Waals surface area contributed by atoms with Crippen molar-refractivity contribution in [3.63, 3.8) is 0 Å². The molecule has 3 unspecified atom stereocenters. The Morgan fingerprint density at radius 2 is 1.66 bits per heavy atom. The van der Waals surface area contributed by atoms with Gasteiger partial charge in [0, 0.05) is 6.54 Å². The van der Waals surface area contributed by atoms with Crippen molar-refractivity contribution in [3.8, 4) is 0 Å². The van der Waals surface area contributed by atoms with Crippen LogP contribution in [0, 0.1) is 11.8 Å².